The number of benzene rings is 1. The lowest BCUT2D eigenvalue weighted by atomic mass is 10.1. The molecule has 2 aliphatic rings. The van der Waals surface area contributed by atoms with Gasteiger partial charge in [0.15, 0.2) is 0 Å². The molecule has 2 aliphatic heterocycles. The average Bonchev–Trinajstić information content (AvgIpc) is 3.12. The number of nitrogens with zero attached hydrogens (tertiary/aromatic N) is 4. The van der Waals surface area contributed by atoms with E-state index in [0.717, 1.165) is 69.3 Å². The van der Waals surface area contributed by atoms with Gasteiger partial charge < -0.3 is 14.4 Å². The summed E-state index contributed by atoms with van der Waals surface area (Å²) in [4.78, 5) is 17.0. The van der Waals surface area contributed by atoms with E-state index in [1.807, 2.05) is 29.2 Å². The van der Waals surface area contributed by atoms with Crippen LogP contribution in [0.5, 0.6) is 5.75 Å². The van der Waals surface area contributed by atoms with Crippen molar-refractivity contribution in [3.63, 3.8) is 0 Å². The summed E-state index contributed by atoms with van der Waals surface area (Å²) in [7, 11) is 1.65. The first-order chi connectivity index (χ1) is 14.2. The minimum Gasteiger partial charge on any atom is -0.497 e. The normalized spacial score (nSPS) is 17.2. The summed E-state index contributed by atoms with van der Waals surface area (Å²) in [6.07, 6.45) is 1.39. The molecule has 1 saturated heterocycles. The van der Waals surface area contributed by atoms with Gasteiger partial charge in [0.25, 0.3) is 0 Å². The van der Waals surface area contributed by atoms with E-state index in [4.69, 9.17) is 14.6 Å². The van der Waals surface area contributed by atoms with E-state index in [-0.39, 0.29) is 5.91 Å². The SMILES string of the molecule is CCn1nc(CN2CCN(C(=O)Cc3ccc(OC)cc3)CC2)c2c1CCOC2. The Morgan fingerprint density at radius 1 is 1.17 bits per heavy atom. The van der Waals surface area contributed by atoms with Gasteiger partial charge >= 0.3 is 0 Å². The van der Waals surface area contributed by atoms with Crippen molar-refractivity contribution in [2.24, 2.45) is 0 Å². The van der Waals surface area contributed by atoms with Crippen molar-refractivity contribution in [3.8, 4) is 5.75 Å². The number of methoxy groups -OCH3 is 1. The van der Waals surface area contributed by atoms with Crippen molar-refractivity contribution >= 4 is 5.91 Å². The highest BCUT2D eigenvalue weighted by molar-refractivity contribution is 5.79. The Morgan fingerprint density at radius 2 is 1.93 bits per heavy atom. The number of carbonyl (C=O) groups excluding carboxylic acids is 1. The molecule has 29 heavy (non-hydrogen) atoms. The predicted molar refractivity (Wildman–Crippen MR) is 110 cm³/mol. The van der Waals surface area contributed by atoms with Gasteiger partial charge in [-0.05, 0) is 24.6 Å². The molecule has 4 rings (SSSR count). The summed E-state index contributed by atoms with van der Waals surface area (Å²) in [5.74, 6) is 1.00. The molecule has 7 nitrogen and oxygen atoms in total. The van der Waals surface area contributed by atoms with Gasteiger partial charge in [-0.1, -0.05) is 12.1 Å². The average molecular weight is 399 g/mol. The highest BCUT2D eigenvalue weighted by Gasteiger charge is 2.25. The largest absolute Gasteiger partial charge is 0.497 e. The minimum atomic E-state index is 0.191. The third-order valence-corrected chi connectivity index (χ3v) is 5.89. The number of fused-ring (bicyclic) bond motifs is 1. The van der Waals surface area contributed by atoms with Crippen LogP contribution in [0.1, 0.15) is 29.4 Å². The van der Waals surface area contributed by atoms with E-state index >= 15 is 0 Å². The maximum absolute atomic E-state index is 12.7. The zero-order valence-corrected chi connectivity index (χ0v) is 17.4. The molecule has 0 aliphatic carbocycles. The number of piperazine rings is 1. The number of aryl methyl sites for hydroxylation is 1. The molecule has 1 aromatic carbocycles. The highest BCUT2D eigenvalue weighted by atomic mass is 16.5. The Kier molecular flexibility index (Phi) is 6.16. The van der Waals surface area contributed by atoms with Gasteiger partial charge in [0.05, 0.1) is 32.4 Å². The lowest BCUT2D eigenvalue weighted by Crippen LogP contribution is -2.48. The topological polar surface area (TPSA) is 59.8 Å². The molecule has 1 aromatic heterocycles. The Balaban J connectivity index is 1.31. The summed E-state index contributed by atoms with van der Waals surface area (Å²) in [6, 6.07) is 7.73. The first-order valence-electron chi connectivity index (χ1n) is 10.5. The molecule has 0 radical (unpaired) electrons. The second kappa shape index (κ2) is 8.97. The first kappa shape index (κ1) is 19.9. The molecule has 1 amide bonds. The maximum atomic E-state index is 12.7. The van der Waals surface area contributed by atoms with Gasteiger partial charge in [-0.2, -0.15) is 5.10 Å². The number of amides is 1. The molecular weight excluding hydrogens is 368 g/mol. The molecule has 3 heterocycles. The number of aromatic nitrogens is 2. The molecule has 0 spiro atoms. The number of rotatable bonds is 6. The first-order valence-corrected chi connectivity index (χ1v) is 10.5. The number of ether oxygens (including phenoxy) is 2. The van der Waals surface area contributed by atoms with Crippen LogP contribution in [-0.2, 0) is 42.1 Å². The third-order valence-electron chi connectivity index (χ3n) is 5.89. The van der Waals surface area contributed by atoms with Crippen LogP contribution in [0.4, 0.5) is 0 Å². The second-order valence-electron chi connectivity index (χ2n) is 7.67. The summed E-state index contributed by atoms with van der Waals surface area (Å²) >= 11 is 0. The Labute approximate surface area is 172 Å². The Morgan fingerprint density at radius 3 is 2.62 bits per heavy atom. The smallest absolute Gasteiger partial charge is 0.227 e. The summed E-state index contributed by atoms with van der Waals surface area (Å²) in [6.45, 7) is 8.61. The fourth-order valence-electron chi connectivity index (χ4n) is 4.16. The van der Waals surface area contributed by atoms with Crippen molar-refractivity contribution in [1.29, 1.82) is 0 Å². The number of hydrogen-bond donors (Lipinski definition) is 0. The quantitative estimate of drug-likeness (QED) is 0.744. The van der Waals surface area contributed by atoms with Crippen LogP contribution in [0.3, 0.4) is 0 Å². The van der Waals surface area contributed by atoms with Gasteiger partial charge in [0, 0.05) is 56.9 Å². The van der Waals surface area contributed by atoms with E-state index in [1.165, 1.54) is 11.3 Å². The minimum absolute atomic E-state index is 0.191. The molecule has 0 atom stereocenters. The fourth-order valence-corrected chi connectivity index (χ4v) is 4.16. The van der Waals surface area contributed by atoms with Crippen LogP contribution in [0, 0.1) is 0 Å². The molecule has 2 aromatic rings. The number of carbonyl (C=O) groups is 1. The van der Waals surface area contributed by atoms with Crippen LogP contribution in [-0.4, -0.2) is 65.4 Å². The van der Waals surface area contributed by atoms with Gasteiger partial charge in [0.2, 0.25) is 5.91 Å². The van der Waals surface area contributed by atoms with Gasteiger partial charge in [-0.15, -0.1) is 0 Å². The van der Waals surface area contributed by atoms with Crippen molar-refractivity contribution in [1.82, 2.24) is 19.6 Å². The molecule has 1 fully saturated rings. The molecular formula is C22H30N4O3. The van der Waals surface area contributed by atoms with Crippen LogP contribution < -0.4 is 4.74 Å². The molecule has 156 valence electrons. The monoisotopic (exact) mass is 398 g/mol. The highest BCUT2D eigenvalue weighted by Crippen LogP contribution is 2.22. The van der Waals surface area contributed by atoms with Crippen molar-refractivity contribution in [2.75, 3.05) is 39.9 Å². The Bertz CT molecular complexity index is 838. The van der Waals surface area contributed by atoms with Crippen molar-refractivity contribution in [3.05, 3.63) is 46.8 Å². The predicted octanol–water partition coefficient (Wildman–Crippen LogP) is 1.87. The van der Waals surface area contributed by atoms with E-state index in [9.17, 15) is 4.79 Å². The summed E-state index contributed by atoms with van der Waals surface area (Å²) < 4.78 is 13.0. The zero-order valence-electron chi connectivity index (χ0n) is 17.4. The van der Waals surface area contributed by atoms with Crippen LogP contribution in [0.25, 0.3) is 0 Å². The van der Waals surface area contributed by atoms with E-state index < -0.39 is 0 Å². The van der Waals surface area contributed by atoms with Gasteiger partial charge in [-0.3, -0.25) is 14.4 Å². The van der Waals surface area contributed by atoms with Gasteiger partial charge in [-0.25, -0.2) is 0 Å². The molecule has 7 heteroatoms. The van der Waals surface area contributed by atoms with Gasteiger partial charge in [0.1, 0.15) is 5.75 Å². The zero-order chi connectivity index (χ0) is 20.2. The molecule has 0 unspecified atom stereocenters. The van der Waals surface area contributed by atoms with Crippen molar-refractivity contribution < 1.29 is 14.3 Å². The summed E-state index contributed by atoms with van der Waals surface area (Å²) in [5, 5.41) is 4.83. The fraction of sp³-hybridized carbons (Fsp3) is 0.545. The van der Waals surface area contributed by atoms with E-state index in [2.05, 4.69) is 16.5 Å². The van der Waals surface area contributed by atoms with Crippen LogP contribution in [0.2, 0.25) is 0 Å². The summed E-state index contributed by atoms with van der Waals surface area (Å²) in [5.41, 5.74) is 4.77. The second-order valence-corrected chi connectivity index (χ2v) is 7.67. The lowest BCUT2D eigenvalue weighted by Gasteiger charge is -2.34. The molecule has 0 saturated carbocycles. The van der Waals surface area contributed by atoms with E-state index in [1.54, 1.807) is 7.11 Å². The van der Waals surface area contributed by atoms with Crippen molar-refractivity contribution in [2.45, 2.75) is 39.5 Å². The van der Waals surface area contributed by atoms with E-state index in [0.29, 0.717) is 13.0 Å². The van der Waals surface area contributed by atoms with Crippen LogP contribution in [0.15, 0.2) is 24.3 Å². The standard InChI is InChI=1S/C22H30N4O3/c1-3-26-21-8-13-29-16-19(21)20(23-26)15-24-9-11-25(12-10-24)22(27)14-17-4-6-18(28-2)7-5-17/h4-7H,3,8-16H2,1-2H3. The third kappa shape index (κ3) is 4.46. The van der Waals surface area contributed by atoms with Crippen LogP contribution >= 0.6 is 0 Å². The molecule has 0 bridgehead atoms. The number of hydrogen-bond acceptors (Lipinski definition) is 5. The maximum Gasteiger partial charge on any atom is 0.227 e. The Hall–Kier alpha value is -2.38. The lowest BCUT2D eigenvalue weighted by molar-refractivity contribution is -0.132. The molecule has 0 N–H and O–H groups in total.